The zero-order chi connectivity index (χ0) is 15.5. The quantitative estimate of drug-likeness (QED) is 0.622. The van der Waals surface area contributed by atoms with Crippen molar-refractivity contribution in [3.05, 3.63) is 33.4 Å². The first-order chi connectivity index (χ1) is 10.7. The first kappa shape index (κ1) is 15.2. The van der Waals surface area contributed by atoms with Gasteiger partial charge in [0.1, 0.15) is 5.75 Å². The van der Waals surface area contributed by atoms with Crippen LogP contribution in [0, 0.1) is 10.1 Å². The summed E-state index contributed by atoms with van der Waals surface area (Å²) in [5, 5.41) is 11.1. The monoisotopic (exact) mass is 307 g/mol. The molecule has 2 aliphatic heterocycles. The Morgan fingerprint density at radius 3 is 2.64 bits per heavy atom. The number of nitrogens with zero attached hydrogens (tertiary/aromatic N) is 3. The highest BCUT2D eigenvalue weighted by atomic mass is 16.7. The zero-order valence-electron chi connectivity index (χ0n) is 12.8. The summed E-state index contributed by atoms with van der Waals surface area (Å²) < 4.78 is 10.8. The lowest BCUT2D eigenvalue weighted by atomic mass is 10.1. The number of fused-ring (bicyclic) bond motifs is 1. The second kappa shape index (κ2) is 6.60. The minimum absolute atomic E-state index is 0.107. The highest BCUT2D eigenvalue weighted by Crippen LogP contribution is 2.33. The van der Waals surface area contributed by atoms with Gasteiger partial charge in [0.05, 0.1) is 11.5 Å². The van der Waals surface area contributed by atoms with Crippen molar-refractivity contribution in [2.45, 2.75) is 20.1 Å². The fourth-order valence-corrected chi connectivity index (χ4v) is 3.01. The first-order valence-corrected chi connectivity index (χ1v) is 7.63. The molecule has 1 aromatic carbocycles. The molecule has 0 spiro atoms. The minimum Gasteiger partial charge on any atom is -0.467 e. The van der Waals surface area contributed by atoms with Gasteiger partial charge in [-0.1, -0.05) is 6.92 Å². The van der Waals surface area contributed by atoms with Crippen molar-refractivity contribution in [3.63, 3.8) is 0 Å². The average molecular weight is 307 g/mol. The average Bonchev–Trinajstić information content (AvgIpc) is 2.55. The summed E-state index contributed by atoms with van der Waals surface area (Å²) in [6.45, 7) is 8.52. The predicted octanol–water partition coefficient (Wildman–Crippen LogP) is 1.60. The molecule has 0 atom stereocenters. The highest BCUT2D eigenvalue weighted by molar-refractivity contribution is 5.50. The van der Waals surface area contributed by atoms with Gasteiger partial charge in [-0.15, -0.1) is 0 Å². The summed E-state index contributed by atoms with van der Waals surface area (Å²) in [4.78, 5) is 15.5. The molecule has 7 heteroatoms. The molecular weight excluding hydrogens is 286 g/mol. The van der Waals surface area contributed by atoms with Gasteiger partial charge in [-0.25, -0.2) is 0 Å². The Balaban J connectivity index is 1.80. The Bertz CT molecular complexity index is 556. The molecule has 0 saturated carbocycles. The SMILES string of the molecule is CCN1CCN(Cc2cc([N+](=O)[O-])cc3c2OCOC3)CC1. The summed E-state index contributed by atoms with van der Waals surface area (Å²) in [6, 6.07) is 3.18. The van der Waals surface area contributed by atoms with Crippen molar-refractivity contribution in [2.75, 3.05) is 39.5 Å². The second-order valence-corrected chi connectivity index (χ2v) is 5.67. The number of ether oxygens (including phenoxy) is 2. The van der Waals surface area contributed by atoms with Gasteiger partial charge in [0, 0.05) is 56.0 Å². The zero-order valence-corrected chi connectivity index (χ0v) is 12.8. The van der Waals surface area contributed by atoms with Crippen LogP contribution in [0.25, 0.3) is 0 Å². The van der Waals surface area contributed by atoms with E-state index in [-0.39, 0.29) is 17.4 Å². The molecular formula is C15H21N3O4. The smallest absolute Gasteiger partial charge is 0.270 e. The molecule has 3 rings (SSSR count). The van der Waals surface area contributed by atoms with Crippen molar-refractivity contribution in [1.82, 2.24) is 9.80 Å². The van der Waals surface area contributed by atoms with Crippen molar-refractivity contribution < 1.29 is 14.4 Å². The van der Waals surface area contributed by atoms with Gasteiger partial charge in [-0.2, -0.15) is 0 Å². The summed E-state index contributed by atoms with van der Waals surface area (Å²) in [5.74, 6) is 0.759. The number of nitro benzene ring substituents is 1. The van der Waals surface area contributed by atoms with E-state index in [0.29, 0.717) is 13.2 Å². The third-order valence-electron chi connectivity index (χ3n) is 4.29. The largest absolute Gasteiger partial charge is 0.467 e. The Labute approximate surface area is 129 Å². The number of rotatable bonds is 4. The van der Waals surface area contributed by atoms with Gasteiger partial charge in [-0.05, 0) is 6.54 Å². The van der Waals surface area contributed by atoms with Crippen LogP contribution in [0.5, 0.6) is 5.75 Å². The Kier molecular flexibility index (Phi) is 4.56. The van der Waals surface area contributed by atoms with Crippen molar-refractivity contribution in [1.29, 1.82) is 0 Å². The van der Waals surface area contributed by atoms with E-state index >= 15 is 0 Å². The lowest BCUT2D eigenvalue weighted by Gasteiger charge is -2.34. The standard InChI is InChI=1S/C15H21N3O4/c1-2-16-3-5-17(6-4-16)9-12-7-14(18(19)20)8-13-10-21-11-22-15(12)13/h7-8H,2-6,9-11H2,1H3. The van der Waals surface area contributed by atoms with Crippen molar-refractivity contribution in [2.24, 2.45) is 0 Å². The molecule has 1 saturated heterocycles. The summed E-state index contributed by atoms with van der Waals surface area (Å²) in [7, 11) is 0. The van der Waals surface area contributed by atoms with E-state index in [4.69, 9.17) is 9.47 Å². The van der Waals surface area contributed by atoms with Crippen molar-refractivity contribution >= 4 is 5.69 Å². The third kappa shape index (κ3) is 3.21. The van der Waals surface area contributed by atoms with E-state index in [1.807, 2.05) is 0 Å². The van der Waals surface area contributed by atoms with Gasteiger partial charge in [0.2, 0.25) is 0 Å². The lowest BCUT2D eigenvalue weighted by molar-refractivity contribution is -0.385. The number of benzene rings is 1. The molecule has 22 heavy (non-hydrogen) atoms. The second-order valence-electron chi connectivity index (χ2n) is 5.67. The number of hydrogen-bond acceptors (Lipinski definition) is 6. The Morgan fingerprint density at radius 2 is 1.95 bits per heavy atom. The van der Waals surface area contributed by atoms with Gasteiger partial charge in [0.15, 0.2) is 6.79 Å². The molecule has 2 aliphatic rings. The molecule has 1 fully saturated rings. The van der Waals surface area contributed by atoms with Gasteiger partial charge < -0.3 is 14.4 Å². The maximum absolute atomic E-state index is 11.1. The number of hydrogen-bond donors (Lipinski definition) is 0. The van der Waals surface area contributed by atoms with Crippen molar-refractivity contribution in [3.8, 4) is 5.75 Å². The van der Waals surface area contributed by atoms with Gasteiger partial charge in [0.25, 0.3) is 5.69 Å². The predicted molar refractivity (Wildman–Crippen MR) is 80.8 cm³/mol. The van der Waals surface area contributed by atoms with E-state index < -0.39 is 0 Å². The highest BCUT2D eigenvalue weighted by Gasteiger charge is 2.23. The Morgan fingerprint density at radius 1 is 1.23 bits per heavy atom. The van der Waals surface area contributed by atoms with E-state index in [1.54, 1.807) is 12.1 Å². The molecule has 120 valence electrons. The molecule has 2 heterocycles. The molecule has 7 nitrogen and oxygen atoms in total. The van der Waals surface area contributed by atoms with Gasteiger partial charge >= 0.3 is 0 Å². The number of non-ortho nitro benzene ring substituents is 1. The fraction of sp³-hybridized carbons (Fsp3) is 0.600. The van der Waals surface area contributed by atoms with Crippen LogP contribution >= 0.6 is 0 Å². The van der Waals surface area contributed by atoms with Crippen LogP contribution in [0.4, 0.5) is 5.69 Å². The normalized spacial score (nSPS) is 19.5. The Hall–Kier alpha value is -1.70. The maximum Gasteiger partial charge on any atom is 0.270 e. The maximum atomic E-state index is 11.1. The summed E-state index contributed by atoms with van der Waals surface area (Å²) in [6.07, 6.45) is 0. The molecule has 0 amide bonds. The molecule has 0 bridgehead atoms. The van der Waals surface area contributed by atoms with E-state index in [9.17, 15) is 10.1 Å². The molecule has 0 N–H and O–H groups in total. The molecule has 1 aromatic rings. The fourth-order valence-electron chi connectivity index (χ4n) is 3.01. The van der Waals surface area contributed by atoms with Crippen LogP contribution in [0.2, 0.25) is 0 Å². The van der Waals surface area contributed by atoms with E-state index in [2.05, 4.69) is 16.7 Å². The van der Waals surface area contributed by atoms with E-state index in [0.717, 1.165) is 49.6 Å². The molecule has 0 aliphatic carbocycles. The number of piperazine rings is 1. The third-order valence-corrected chi connectivity index (χ3v) is 4.29. The van der Waals surface area contributed by atoms with Crippen LogP contribution in [0.3, 0.4) is 0 Å². The van der Waals surface area contributed by atoms with E-state index in [1.165, 1.54) is 0 Å². The summed E-state index contributed by atoms with van der Waals surface area (Å²) in [5.41, 5.74) is 1.76. The van der Waals surface area contributed by atoms with Crippen LogP contribution in [0.15, 0.2) is 12.1 Å². The number of likely N-dealkylation sites (N-methyl/N-ethyl adjacent to an activating group) is 1. The number of nitro groups is 1. The van der Waals surface area contributed by atoms with Crippen LogP contribution in [0.1, 0.15) is 18.1 Å². The van der Waals surface area contributed by atoms with Crippen LogP contribution in [-0.2, 0) is 17.9 Å². The van der Waals surface area contributed by atoms with Gasteiger partial charge in [-0.3, -0.25) is 15.0 Å². The lowest BCUT2D eigenvalue weighted by Crippen LogP contribution is -2.45. The first-order valence-electron chi connectivity index (χ1n) is 7.63. The molecule has 0 aromatic heterocycles. The minimum atomic E-state index is -0.354. The van der Waals surface area contributed by atoms with Crippen LogP contribution in [-0.4, -0.2) is 54.2 Å². The molecule has 0 unspecified atom stereocenters. The van der Waals surface area contributed by atoms with Crippen LogP contribution < -0.4 is 4.74 Å². The summed E-state index contributed by atoms with van der Waals surface area (Å²) >= 11 is 0. The molecule has 0 radical (unpaired) electrons. The topological polar surface area (TPSA) is 68.1 Å².